The molecule has 0 bridgehead atoms. The highest BCUT2D eigenvalue weighted by atomic mass is 16.5. The predicted molar refractivity (Wildman–Crippen MR) is 99.4 cm³/mol. The van der Waals surface area contributed by atoms with Gasteiger partial charge >= 0.3 is 0 Å². The normalized spacial score (nSPS) is 15.1. The maximum absolute atomic E-state index is 12.1. The van der Waals surface area contributed by atoms with Crippen molar-refractivity contribution in [3.05, 3.63) is 54.9 Å². The van der Waals surface area contributed by atoms with Crippen molar-refractivity contribution in [1.82, 2.24) is 9.78 Å². The zero-order chi connectivity index (χ0) is 17.8. The molecule has 2 heterocycles. The minimum Gasteiger partial charge on any atom is -0.484 e. The summed E-state index contributed by atoms with van der Waals surface area (Å²) in [4.78, 5) is 12.1. The molecule has 0 atom stereocenters. The molecule has 6 nitrogen and oxygen atoms in total. The smallest absolute Gasteiger partial charge is 0.262 e. The van der Waals surface area contributed by atoms with Crippen LogP contribution in [0.2, 0.25) is 0 Å². The quantitative estimate of drug-likeness (QED) is 0.765. The van der Waals surface area contributed by atoms with Crippen molar-refractivity contribution < 1.29 is 14.3 Å². The van der Waals surface area contributed by atoms with Crippen LogP contribution in [0.25, 0.3) is 10.8 Å². The predicted octanol–water partition coefficient (Wildman–Crippen LogP) is 3.41. The van der Waals surface area contributed by atoms with Crippen LogP contribution in [0, 0.1) is 0 Å². The monoisotopic (exact) mass is 351 g/mol. The Morgan fingerprint density at radius 2 is 2.00 bits per heavy atom. The SMILES string of the molecule is O=C(COc1ccc2ccccc2c1)Nc1cnn(C2CCOCC2)c1. The van der Waals surface area contributed by atoms with Crippen molar-refractivity contribution in [1.29, 1.82) is 0 Å². The lowest BCUT2D eigenvalue weighted by Crippen LogP contribution is -2.21. The van der Waals surface area contributed by atoms with Gasteiger partial charge in [-0.25, -0.2) is 0 Å². The minimum absolute atomic E-state index is 0.0409. The highest BCUT2D eigenvalue weighted by Gasteiger charge is 2.17. The first-order valence-electron chi connectivity index (χ1n) is 8.81. The molecule has 6 heteroatoms. The van der Waals surface area contributed by atoms with Crippen molar-refractivity contribution in [2.75, 3.05) is 25.1 Å². The van der Waals surface area contributed by atoms with Gasteiger partial charge in [-0.1, -0.05) is 30.3 Å². The average Bonchev–Trinajstić information content (AvgIpc) is 3.15. The van der Waals surface area contributed by atoms with Crippen LogP contribution in [-0.2, 0) is 9.53 Å². The molecule has 1 aromatic heterocycles. The molecular formula is C20H21N3O3. The zero-order valence-electron chi connectivity index (χ0n) is 14.4. The number of hydrogen-bond acceptors (Lipinski definition) is 4. The lowest BCUT2D eigenvalue weighted by atomic mass is 10.1. The van der Waals surface area contributed by atoms with Crippen LogP contribution in [0.5, 0.6) is 5.75 Å². The molecule has 1 fully saturated rings. The summed E-state index contributed by atoms with van der Waals surface area (Å²) in [5.41, 5.74) is 0.684. The van der Waals surface area contributed by atoms with Crippen molar-refractivity contribution in [2.24, 2.45) is 0 Å². The number of ether oxygens (including phenoxy) is 2. The summed E-state index contributed by atoms with van der Waals surface area (Å²) in [5, 5.41) is 9.41. The van der Waals surface area contributed by atoms with Gasteiger partial charge < -0.3 is 14.8 Å². The van der Waals surface area contributed by atoms with E-state index in [0.717, 1.165) is 36.8 Å². The molecular weight excluding hydrogens is 330 g/mol. The fraction of sp³-hybridized carbons (Fsp3) is 0.300. The Morgan fingerprint density at radius 1 is 1.19 bits per heavy atom. The number of nitrogens with one attached hydrogen (secondary N) is 1. The summed E-state index contributed by atoms with van der Waals surface area (Å²) in [5.74, 6) is 0.474. The average molecular weight is 351 g/mol. The summed E-state index contributed by atoms with van der Waals surface area (Å²) in [6.07, 6.45) is 5.42. The van der Waals surface area contributed by atoms with E-state index in [1.807, 2.05) is 53.3 Å². The highest BCUT2D eigenvalue weighted by molar-refractivity contribution is 5.91. The fourth-order valence-corrected chi connectivity index (χ4v) is 3.16. The van der Waals surface area contributed by atoms with Gasteiger partial charge in [-0.3, -0.25) is 9.48 Å². The standard InChI is InChI=1S/C20H21N3O3/c24-20(14-26-19-6-5-15-3-1-2-4-16(15)11-19)22-17-12-21-23(13-17)18-7-9-25-10-8-18/h1-6,11-13,18H,7-10,14H2,(H,22,24). The van der Waals surface area contributed by atoms with E-state index in [-0.39, 0.29) is 12.5 Å². The van der Waals surface area contributed by atoms with Crippen molar-refractivity contribution in [2.45, 2.75) is 18.9 Å². The highest BCUT2D eigenvalue weighted by Crippen LogP contribution is 2.22. The molecule has 0 spiro atoms. The van der Waals surface area contributed by atoms with Crippen LogP contribution in [0.3, 0.4) is 0 Å². The van der Waals surface area contributed by atoms with Crippen LogP contribution in [0.4, 0.5) is 5.69 Å². The lowest BCUT2D eigenvalue weighted by molar-refractivity contribution is -0.118. The second-order valence-electron chi connectivity index (χ2n) is 6.40. The molecule has 0 aliphatic carbocycles. The largest absolute Gasteiger partial charge is 0.484 e. The number of nitrogens with zero attached hydrogens (tertiary/aromatic N) is 2. The van der Waals surface area contributed by atoms with Gasteiger partial charge in [-0.15, -0.1) is 0 Å². The van der Waals surface area contributed by atoms with Crippen molar-refractivity contribution >= 4 is 22.4 Å². The van der Waals surface area contributed by atoms with Gasteiger partial charge in [0.15, 0.2) is 6.61 Å². The Labute approximate surface area is 151 Å². The van der Waals surface area contributed by atoms with Gasteiger partial charge in [0.1, 0.15) is 5.75 Å². The van der Waals surface area contributed by atoms with E-state index in [1.165, 1.54) is 0 Å². The molecule has 0 unspecified atom stereocenters. The Kier molecular flexibility index (Phi) is 4.84. The third-order valence-corrected chi connectivity index (χ3v) is 4.54. The molecule has 1 aliphatic heterocycles. The van der Waals surface area contributed by atoms with Crippen LogP contribution in [-0.4, -0.2) is 35.5 Å². The molecule has 2 aromatic carbocycles. The lowest BCUT2D eigenvalue weighted by Gasteiger charge is -2.22. The van der Waals surface area contributed by atoms with Gasteiger partial charge in [0.05, 0.1) is 17.9 Å². The van der Waals surface area contributed by atoms with E-state index in [9.17, 15) is 4.79 Å². The van der Waals surface area contributed by atoms with Gasteiger partial charge in [-0.2, -0.15) is 5.10 Å². The van der Waals surface area contributed by atoms with Crippen LogP contribution in [0.15, 0.2) is 54.9 Å². The van der Waals surface area contributed by atoms with Gasteiger partial charge in [-0.05, 0) is 35.7 Å². The summed E-state index contributed by atoms with van der Waals surface area (Å²) in [6.45, 7) is 1.47. The molecule has 134 valence electrons. The summed E-state index contributed by atoms with van der Waals surface area (Å²) >= 11 is 0. The van der Waals surface area contributed by atoms with E-state index < -0.39 is 0 Å². The molecule has 3 aromatic rings. The number of hydrogen-bond donors (Lipinski definition) is 1. The van der Waals surface area contributed by atoms with E-state index in [0.29, 0.717) is 17.5 Å². The van der Waals surface area contributed by atoms with Crippen LogP contribution in [0.1, 0.15) is 18.9 Å². The number of carbonyl (C=O) groups is 1. The molecule has 1 N–H and O–H groups in total. The molecule has 0 radical (unpaired) electrons. The van der Waals surface area contributed by atoms with Crippen LogP contribution < -0.4 is 10.1 Å². The molecule has 1 aliphatic rings. The second kappa shape index (κ2) is 7.58. The number of carbonyl (C=O) groups excluding carboxylic acids is 1. The first-order valence-corrected chi connectivity index (χ1v) is 8.81. The third kappa shape index (κ3) is 3.86. The van der Waals surface area contributed by atoms with E-state index >= 15 is 0 Å². The molecule has 26 heavy (non-hydrogen) atoms. The van der Waals surface area contributed by atoms with E-state index in [2.05, 4.69) is 10.4 Å². The molecule has 4 rings (SSSR count). The number of benzene rings is 2. The minimum atomic E-state index is -0.204. The molecule has 1 saturated heterocycles. The van der Waals surface area contributed by atoms with Gasteiger partial charge in [0.25, 0.3) is 5.91 Å². The number of fused-ring (bicyclic) bond motifs is 1. The number of amides is 1. The third-order valence-electron chi connectivity index (χ3n) is 4.54. The van der Waals surface area contributed by atoms with E-state index in [4.69, 9.17) is 9.47 Å². The molecule has 0 saturated carbocycles. The first-order chi connectivity index (χ1) is 12.8. The number of rotatable bonds is 5. The summed E-state index contributed by atoms with van der Waals surface area (Å²) in [6, 6.07) is 14.2. The van der Waals surface area contributed by atoms with Crippen molar-refractivity contribution in [3.8, 4) is 5.75 Å². The maximum atomic E-state index is 12.1. The first kappa shape index (κ1) is 16.6. The number of aromatic nitrogens is 2. The Balaban J connectivity index is 1.32. The Morgan fingerprint density at radius 3 is 2.85 bits per heavy atom. The van der Waals surface area contributed by atoms with Crippen LogP contribution >= 0.6 is 0 Å². The Bertz CT molecular complexity index is 900. The Hall–Kier alpha value is -2.86. The summed E-state index contributed by atoms with van der Waals surface area (Å²) < 4.78 is 12.9. The number of anilines is 1. The maximum Gasteiger partial charge on any atom is 0.262 e. The topological polar surface area (TPSA) is 65.4 Å². The van der Waals surface area contributed by atoms with E-state index in [1.54, 1.807) is 6.20 Å². The van der Waals surface area contributed by atoms with Gasteiger partial charge in [0, 0.05) is 19.4 Å². The second-order valence-corrected chi connectivity index (χ2v) is 6.40. The zero-order valence-corrected chi connectivity index (χ0v) is 14.4. The van der Waals surface area contributed by atoms with Crippen molar-refractivity contribution in [3.63, 3.8) is 0 Å². The molecule has 1 amide bonds. The summed E-state index contributed by atoms with van der Waals surface area (Å²) in [7, 11) is 0. The van der Waals surface area contributed by atoms with Gasteiger partial charge in [0.2, 0.25) is 0 Å². The fourth-order valence-electron chi connectivity index (χ4n) is 3.16.